The summed E-state index contributed by atoms with van der Waals surface area (Å²) in [5, 5.41) is 3.70. The van der Waals surface area contributed by atoms with Crippen LogP contribution < -0.4 is 5.32 Å². The van der Waals surface area contributed by atoms with Gasteiger partial charge in [-0.25, -0.2) is 4.98 Å². The SMILES string of the molecule is Cc1cn(CCC2CCCC2)c(NC2CCCCC2)n1. The van der Waals surface area contributed by atoms with E-state index in [-0.39, 0.29) is 0 Å². The first kappa shape index (κ1) is 14.0. The van der Waals surface area contributed by atoms with Crippen LogP contribution in [-0.4, -0.2) is 15.6 Å². The van der Waals surface area contributed by atoms with Crippen molar-refractivity contribution >= 4 is 5.95 Å². The molecule has 20 heavy (non-hydrogen) atoms. The van der Waals surface area contributed by atoms with Gasteiger partial charge in [-0.1, -0.05) is 44.9 Å². The van der Waals surface area contributed by atoms with E-state index in [4.69, 9.17) is 4.98 Å². The lowest BCUT2D eigenvalue weighted by Crippen LogP contribution is -2.24. The molecule has 112 valence electrons. The Labute approximate surface area is 123 Å². The number of imidazole rings is 1. The summed E-state index contributed by atoms with van der Waals surface area (Å²) in [6.45, 7) is 3.25. The van der Waals surface area contributed by atoms with Gasteiger partial charge in [-0.3, -0.25) is 0 Å². The van der Waals surface area contributed by atoms with Crippen molar-refractivity contribution in [2.45, 2.75) is 83.7 Å². The molecule has 0 amide bonds. The fourth-order valence-corrected chi connectivity index (χ4v) is 3.88. The molecule has 2 fully saturated rings. The van der Waals surface area contributed by atoms with Crippen LogP contribution in [-0.2, 0) is 6.54 Å². The molecule has 3 nitrogen and oxygen atoms in total. The van der Waals surface area contributed by atoms with Crippen LogP contribution in [0.1, 0.15) is 69.9 Å². The molecule has 2 aliphatic rings. The topological polar surface area (TPSA) is 29.9 Å². The Morgan fingerprint density at radius 2 is 1.80 bits per heavy atom. The molecular weight excluding hydrogens is 246 g/mol. The summed E-state index contributed by atoms with van der Waals surface area (Å²) in [5.74, 6) is 2.08. The highest BCUT2D eigenvalue weighted by molar-refractivity contribution is 5.30. The Kier molecular flexibility index (Phi) is 4.64. The van der Waals surface area contributed by atoms with Crippen molar-refractivity contribution in [2.75, 3.05) is 5.32 Å². The number of nitrogens with zero attached hydrogens (tertiary/aromatic N) is 2. The molecule has 2 saturated carbocycles. The van der Waals surface area contributed by atoms with Crippen LogP contribution in [0.3, 0.4) is 0 Å². The van der Waals surface area contributed by atoms with Gasteiger partial charge < -0.3 is 9.88 Å². The van der Waals surface area contributed by atoms with Crippen LogP contribution in [0.25, 0.3) is 0 Å². The van der Waals surface area contributed by atoms with Crippen LogP contribution in [0.15, 0.2) is 6.20 Å². The Hall–Kier alpha value is -0.990. The van der Waals surface area contributed by atoms with Crippen molar-refractivity contribution in [1.29, 1.82) is 0 Å². The molecule has 0 aromatic carbocycles. The van der Waals surface area contributed by atoms with Gasteiger partial charge in [0.1, 0.15) is 0 Å². The molecule has 2 aliphatic carbocycles. The molecule has 0 spiro atoms. The number of rotatable bonds is 5. The first-order valence-corrected chi connectivity index (χ1v) is 8.61. The summed E-state index contributed by atoms with van der Waals surface area (Å²) in [5.41, 5.74) is 1.15. The molecule has 1 aromatic heterocycles. The standard InChI is InChI=1S/C17H29N3/c1-14-13-20(12-11-15-7-5-6-8-15)17(18-14)19-16-9-3-2-4-10-16/h13,15-16H,2-12H2,1H3,(H,18,19). The molecule has 1 aromatic rings. The predicted octanol–water partition coefficient (Wildman–Crippen LogP) is 4.52. The summed E-state index contributed by atoms with van der Waals surface area (Å²) in [6.07, 6.45) is 16.1. The van der Waals surface area contributed by atoms with E-state index in [0.717, 1.165) is 24.1 Å². The number of aromatic nitrogens is 2. The number of hydrogen-bond acceptors (Lipinski definition) is 2. The van der Waals surface area contributed by atoms with Crippen LogP contribution in [0, 0.1) is 12.8 Å². The smallest absolute Gasteiger partial charge is 0.203 e. The maximum Gasteiger partial charge on any atom is 0.203 e. The normalized spacial score (nSPS) is 21.4. The van der Waals surface area contributed by atoms with Gasteiger partial charge in [-0.15, -0.1) is 0 Å². The molecule has 0 saturated heterocycles. The minimum Gasteiger partial charge on any atom is -0.353 e. The Balaban J connectivity index is 1.58. The molecule has 3 rings (SSSR count). The zero-order chi connectivity index (χ0) is 13.8. The third-order valence-corrected chi connectivity index (χ3v) is 5.09. The van der Waals surface area contributed by atoms with Crippen LogP contribution in [0.4, 0.5) is 5.95 Å². The first-order valence-electron chi connectivity index (χ1n) is 8.61. The molecular formula is C17H29N3. The molecule has 0 unspecified atom stereocenters. The Morgan fingerprint density at radius 3 is 2.55 bits per heavy atom. The summed E-state index contributed by atoms with van der Waals surface area (Å²) < 4.78 is 2.36. The van der Waals surface area contributed by atoms with Gasteiger partial charge in [0.25, 0.3) is 0 Å². The molecule has 1 heterocycles. The summed E-state index contributed by atoms with van der Waals surface area (Å²) in [6, 6.07) is 0.649. The van der Waals surface area contributed by atoms with E-state index in [9.17, 15) is 0 Å². The minimum absolute atomic E-state index is 0.649. The van der Waals surface area contributed by atoms with E-state index in [1.54, 1.807) is 0 Å². The molecule has 0 aliphatic heterocycles. The van der Waals surface area contributed by atoms with E-state index in [1.165, 1.54) is 64.2 Å². The summed E-state index contributed by atoms with van der Waals surface area (Å²) >= 11 is 0. The lowest BCUT2D eigenvalue weighted by molar-refractivity contribution is 0.446. The third kappa shape index (κ3) is 3.56. The second-order valence-electron chi connectivity index (χ2n) is 6.82. The zero-order valence-corrected chi connectivity index (χ0v) is 12.9. The van der Waals surface area contributed by atoms with Gasteiger partial charge in [-0.05, 0) is 32.1 Å². The number of anilines is 1. The van der Waals surface area contributed by atoms with Gasteiger partial charge in [-0.2, -0.15) is 0 Å². The van der Waals surface area contributed by atoms with Gasteiger partial charge >= 0.3 is 0 Å². The monoisotopic (exact) mass is 275 g/mol. The Bertz CT molecular complexity index is 412. The molecule has 3 heteroatoms. The van der Waals surface area contributed by atoms with Crippen molar-refractivity contribution in [3.8, 4) is 0 Å². The largest absolute Gasteiger partial charge is 0.353 e. The summed E-state index contributed by atoms with van der Waals surface area (Å²) in [7, 11) is 0. The fraction of sp³-hybridized carbons (Fsp3) is 0.824. The zero-order valence-electron chi connectivity index (χ0n) is 12.9. The van der Waals surface area contributed by atoms with E-state index < -0.39 is 0 Å². The molecule has 0 radical (unpaired) electrons. The average molecular weight is 275 g/mol. The van der Waals surface area contributed by atoms with Crippen LogP contribution >= 0.6 is 0 Å². The fourth-order valence-electron chi connectivity index (χ4n) is 3.88. The quantitative estimate of drug-likeness (QED) is 0.856. The molecule has 0 bridgehead atoms. The van der Waals surface area contributed by atoms with Crippen molar-refractivity contribution in [3.05, 3.63) is 11.9 Å². The molecule has 0 atom stereocenters. The van der Waals surface area contributed by atoms with Crippen LogP contribution in [0.2, 0.25) is 0 Å². The minimum atomic E-state index is 0.649. The highest BCUT2D eigenvalue weighted by Crippen LogP contribution is 2.28. The van der Waals surface area contributed by atoms with Gasteiger partial charge in [0, 0.05) is 18.8 Å². The van der Waals surface area contributed by atoms with Crippen LogP contribution in [0.5, 0.6) is 0 Å². The van der Waals surface area contributed by atoms with Crippen molar-refractivity contribution in [3.63, 3.8) is 0 Å². The third-order valence-electron chi connectivity index (χ3n) is 5.09. The predicted molar refractivity (Wildman–Crippen MR) is 84.0 cm³/mol. The lowest BCUT2D eigenvalue weighted by atomic mass is 9.96. The second kappa shape index (κ2) is 6.64. The van der Waals surface area contributed by atoms with Gasteiger partial charge in [0.15, 0.2) is 0 Å². The van der Waals surface area contributed by atoms with Crippen molar-refractivity contribution in [1.82, 2.24) is 9.55 Å². The average Bonchev–Trinajstić information content (AvgIpc) is 3.07. The summed E-state index contributed by atoms with van der Waals surface area (Å²) in [4.78, 5) is 4.70. The number of hydrogen-bond donors (Lipinski definition) is 1. The molecule has 1 N–H and O–H groups in total. The van der Waals surface area contributed by atoms with E-state index >= 15 is 0 Å². The number of aryl methyl sites for hydroxylation is 2. The van der Waals surface area contributed by atoms with E-state index in [1.807, 2.05) is 0 Å². The number of nitrogens with one attached hydrogen (secondary N) is 1. The van der Waals surface area contributed by atoms with Gasteiger partial charge in [0.05, 0.1) is 5.69 Å². The Morgan fingerprint density at radius 1 is 1.10 bits per heavy atom. The second-order valence-corrected chi connectivity index (χ2v) is 6.82. The van der Waals surface area contributed by atoms with Crippen molar-refractivity contribution in [2.24, 2.45) is 5.92 Å². The van der Waals surface area contributed by atoms with Crippen molar-refractivity contribution < 1.29 is 0 Å². The highest BCUT2D eigenvalue weighted by Gasteiger charge is 2.18. The van der Waals surface area contributed by atoms with E-state index in [0.29, 0.717) is 6.04 Å². The first-order chi connectivity index (χ1) is 9.81. The maximum atomic E-state index is 4.70. The van der Waals surface area contributed by atoms with Gasteiger partial charge in [0.2, 0.25) is 5.95 Å². The van der Waals surface area contributed by atoms with E-state index in [2.05, 4.69) is 23.0 Å². The lowest BCUT2D eigenvalue weighted by Gasteiger charge is -2.24. The highest BCUT2D eigenvalue weighted by atomic mass is 15.2. The maximum absolute atomic E-state index is 4.70.